The maximum absolute atomic E-state index is 12.8. The predicted octanol–water partition coefficient (Wildman–Crippen LogP) is 3.10. The van der Waals surface area contributed by atoms with Crippen molar-refractivity contribution in [2.45, 2.75) is 18.9 Å². The molecular formula is C15H16ClFN2. The summed E-state index contributed by atoms with van der Waals surface area (Å²) in [6, 6.07) is 14.3. The van der Waals surface area contributed by atoms with Crippen molar-refractivity contribution in [1.82, 2.24) is 5.43 Å². The summed E-state index contributed by atoms with van der Waals surface area (Å²) in [6.07, 6.45) is 1.51. The second kappa shape index (κ2) is 6.66. The van der Waals surface area contributed by atoms with Crippen LogP contribution in [-0.2, 0) is 12.8 Å². The van der Waals surface area contributed by atoms with Crippen molar-refractivity contribution in [2.24, 2.45) is 5.84 Å². The van der Waals surface area contributed by atoms with Gasteiger partial charge in [0.1, 0.15) is 5.82 Å². The fourth-order valence-corrected chi connectivity index (χ4v) is 2.26. The van der Waals surface area contributed by atoms with E-state index >= 15 is 0 Å². The molecule has 3 N–H and O–H groups in total. The second-order valence-electron chi connectivity index (χ2n) is 4.53. The van der Waals surface area contributed by atoms with E-state index in [9.17, 15) is 4.39 Å². The Balaban J connectivity index is 2.02. The third-order valence-corrected chi connectivity index (χ3v) is 3.24. The van der Waals surface area contributed by atoms with Crippen molar-refractivity contribution in [3.05, 3.63) is 70.5 Å². The van der Waals surface area contributed by atoms with Crippen molar-refractivity contribution in [2.75, 3.05) is 0 Å². The smallest absolute Gasteiger partial charge is 0.123 e. The van der Waals surface area contributed by atoms with Gasteiger partial charge in [-0.3, -0.25) is 11.3 Å². The van der Waals surface area contributed by atoms with Crippen molar-refractivity contribution in [3.63, 3.8) is 0 Å². The lowest BCUT2D eigenvalue weighted by molar-refractivity contribution is 0.522. The van der Waals surface area contributed by atoms with E-state index in [4.69, 9.17) is 17.4 Å². The number of halogens is 2. The number of hydrogen-bond acceptors (Lipinski definition) is 2. The molecule has 0 aliphatic heterocycles. The zero-order valence-corrected chi connectivity index (χ0v) is 11.2. The van der Waals surface area contributed by atoms with Crippen LogP contribution in [0.15, 0.2) is 48.5 Å². The number of benzene rings is 2. The number of nitrogens with one attached hydrogen (secondary N) is 1. The summed E-state index contributed by atoms with van der Waals surface area (Å²) in [5.41, 5.74) is 4.97. The second-order valence-corrected chi connectivity index (χ2v) is 4.96. The molecule has 2 aromatic carbocycles. The highest BCUT2D eigenvalue weighted by Crippen LogP contribution is 2.14. The third kappa shape index (κ3) is 4.31. The van der Waals surface area contributed by atoms with Gasteiger partial charge in [-0.15, -0.1) is 0 Å². The van der Waals surface area contributed by atoms with Crippen molar-refractivity contribution >= 4 is 11.6 Å². The number of hydrazine groups is 1. The molecule has 0 bridgehead atoms. The zero-order chi connectivity index (χ0) is 13.7. The molecule has 0 saturated carbocycles. The molecule has 0 heterocycles. The molecule has 2 rings (SSSR count). The van der Waals surface area contributed by atoms with Crippen molar-refractivity contribution in [1.29, 1.82) is 0 Å². The van der Waals surface area contributed by atoms with E-state index in [1.807, 2.05) is 24.3 Å². The van der Waals surface area contributed by atoms with Crippen LogP contribution in [0.25, 0.3) is 0 Å². The summed E-state index contributed by atoms with van der Waals surface area (Å²) >= 11 is 5.96. The predicted molar refractivity (Wildman–Crippen MR) is 76.4 cm³/mol. The summed E-state index contributed by atoms with van der Waals surface area (Å²) in [6.45, 7) is 0. The highest BCUT2D eigenvalue weighted by Gasteiger charge is 2.09. The fraction of sp³-hybridized carbons (Fsp3) is 0.200. The van der Waals surface area contributed by atoms with Gasteiger partial charge in [0, 0.05) is 11.1 Å². The Morgan fingerprint density at radius 1 is 1.05 bits per heavy atom. The van der Waals surface area contributed by atoms with Crippen molar-refractivity contribution in [3.8, 4) is 0 Å². The fourth-order valence-electron chi connectivity index (χ4n) is 2.04. The molecule has 0 spiro atoms. The van der Waals surface area contributed by atoms with E-state index in [0.717, 1.165) is 29.0 Å². The van der Waals surface area contributed by atoms with Gasteiger partial charge in [-0.2, -0.15) is 0 Å². The first-order valence-electron chi connectivity index (χ1n) is 6.12. The van der Waals surface area contributed by atoms with Gasteiger partial charge in [0.05, 0.1) is 0 Å². The zero-order valence-electron chi connectivity index (χ0n) is 10.4. The molecule has 1 atom stereocenters. The summed E-state index contributed by atoms with van der Waals surface area (Å²) in [5.74, 6) is 5.35. The molecule has 2 nitrogen and oxygen atoms in total. The first-order chi connectivity index (χ1) is 9.17. The van der Waals surface area contributed by atoms with Crippen molar-refractivity contribution < 1.29 is 4.39 Å². The molecule has 0 aliphatic carbocycles. The van der Waals surface area contributed by atoms with Gasteiger partial charge >= 0.3 is 0 Å². The Morgan fingerprint density at radius 2 is 1.74 bits per heavy atom. The lowest BCUT2D eigenvalue weighted by atomic mass is 9.99. The number of hydrogen-bond donors (Lipinski definition) is 2. The van der Waals surface area contributed by atoms with Gasteiger partial charge in [-0.05, 0) is 48.2 Å². The number of nitrogens with two attached hydrogens (primary N) is 1. The van der Waals surface area contributed by atoms with Gasteiger partial charge in [0.25, 0.3) is 0 Å². The Labute approximate surface area is 117 Å². The van der Waals surface area contributed by atoms with Gasteiger partial charge < -0.3 is 0 Å². The van der Waals surface area contributed by atoms with Crippen LogP contribution >= 0.6 is 11.6 Å². The topological polar surface area (TPSA) is 38.0 Å². The first kappa shape index (κ1) is 14.0. The average molecular weight is 279 g/mol. The molecule has 0 aliphatic rings. The minimum atomic E-state index is -0.226. The van der Waals surface area contributed by atoms with E-state index in [-0.39, 0.29) is 11.9 Å². The summed E-state index contributed by atoms with van der Waals surface area (Å²) < 4.78 is 12.8. The van der Waals surface area contributed by atoms with Crippen LogP contribution in [0.3, 0.4) is 0 Å². The third-order valence-electron chi connectivity index (χ3n) is 3.00. The summed E-state index contributed by atoms with van der Waals surface area (Å²) in [5, 5.41) is 0.718. The summed E-state index contributed by atoms with van der Waals surface area (Å²) in [7, 11) is 0. The Hall–Kier alpha value is -1.42. The van der Waals surface area contributed by atoms with E-state index in [0.29, 0.717) is 0 Å². The molecule has 0 radical (unpaired) electrons. The van der Waals surface area contributed by atoms with Gasteiger partial charge in [0.2, 0.25) is 0 Å². The molecule has 0 aromatic heterocycles. The minimum absolute atomic E-state index is 0.0870. The quantitative estimate of drug-likeness (QED) is 0.651. The van der Waals surface area contributed by atoms with Crippen LogP contribution in [0.4, 0.5) is 4.39 Å². The molecular weight excluding hydrogens is 263 g/mol. The van der Waals surface area contributed by atoms with Crippen LogP contribution in [0.2, 0.25) is 5.02 Å². The van der Waals surface area contributed by atoms with Crippen LogP contribution < -0.4 is 11.3 Å². The molecule has 0 saturated heterocycles. The van der Waals surface area contributed by atoms with Crippen LogP contribution in [-0.4, -0.2) is 6.04 Å². The van der Waals surface area contributed by atoms with Gasteiger partial charge in [-0.1, -0.05) is 35.9 Å². The normalized spacial score (nSPS) is 12.4. The molecule has 0 fully saturated rings. The SMILES string of the molecule is NNC(Cc1ccc(F)cc1)Cc1cccc(Cl)c1. The largest absolute Gasteiger partial charge is 0.271 e. The molecule has 1 unspecified atom stereocenters. The maximum Gasteiger partial charge on any atom is 0.123 e. The molecule has 2 aromatic rings. The highest BCUT2D eigenvalue weighted by molar-refractivity contribution is 6.30. The summed E-state index contributed by atoms with van der Waals surface area (Å²) in [4.78, 5) is 0. The van der Waals surface area contributed by atoms with E-state index < -0.39 is 0 Å². The molecule has 4 heteroatoms. The van der Waals surface area contributed by atoms with E-state index in [1.165, 1.54) is 12.1 Å². The lowest BCUT2D eigenvalue weighted by Crippen LogP contribution is -2.38. The first-order valence-corrected chi connectivity index (χ1v) is 6.50. The van der Waals surface area contributed by atoms with Crippen LogP contribution in [0, 0.1) is 5.82 Å². The standard InChI is InChI=1S/C15H16ClFN2/c16-13-3-1-2-12(8-13)10-15(19-18)9-11-4-6-14(17)7-5-11/h1-8,15,19H,9-10,18H2. The molecule has 19 heavy (non-hydrogen) atoms. The Kier molecular flexibility index (Phi) is 4.91. The minimum Gasteiger partial charge on any atom is -0.271 e. The van der Waals surface area contributed by atoms with E-state index in [2.05, 4.69) is 5.43 Å². The monoisotopic (exact) mass is 278 g/mol. The van der Waals surface area contributed by atoms with Gasteiger partial charge in [0.15, 0.2) is 0 Å². The van der Waals surface area contributed by atoms with Crippen LogP contribution in [0.5, 0.6) is 0 Å². The average Bonchev–Trinajstić information content (AvgIpc) is 2.40. The Morgan fingerprint density at radius 3 is 2.37 bits per heavy atom. The van der Waals surface area contributed by atoms with Crippen LogP contribution in [0.1, 0.15) is 11.1 Å². The van der Waals surface area contributed by atoms with Gasteiger partial charge in [-0.25, -0.2) is 4.39 Å². The lowest BCUT2D eigenvalue weighted by Gasteiger charge is -2.16. The Bertz CT molecular complexity index is 528. The number of rotatable bonds is 5. The maximum atomic E-state index is 12.8. The molecule has 100 valence electrons. The van der Waals surface area contributed by atoms with E-state index in [1.54, 1.807) is 12.1 Å². The highest BCUT2D eigenvalue weighted by atomic mass is 35.5. The molecule has 0 amide bonds.